The standard InChI is InChI=1S/C17H26N2O2/c1-11(20)12-6-8-13(9-7-12)19-15(21)18-10-14-16(2,3)17(14,4)5/h6-9,11,14,20H,10H2,1-5H3,(H2,18,19,21). The molecule has 0 radical (unpaired) electrons. The number of carbonyl (C=O) groups excluding carboxylic acids is 1. The average Bonchev–Trinajstić information content (AvgIpc) is 2.77. The van der Waals surface area contributed by atoms with Crippen molar-refractivity contribution >= 4 is 11.7 Å². The number of carbonyl (C=O) groups is 1. The minimum absolute atomic E-state index is 0.182. The Morgan fingerprint density at radius 2 is 1.71 bits per heavy atom. The normalized spacial score (nSPS) is 20.7. The molecule has 3 N–H and O–H groups in total. The number of aliphatic hydroxyl groups excluding tert-OH is 1. The van der Waals surface area contributed by atoms with Crippen LogP contribution >= 0.6 is 0 Å². The lowest BCUT2D eigenvalue weighted by atomic mass is 10.0. The van der Waals surface area contributed by atoms with Gasteiger partial charge in [0.05, 0.1) is 6.10 Å². The lowest BCUT2D eigenvalue weighted by Crippen LogP contribution is -2.31. The molecule has 0 aliphatic heterocycles. The molecule has 0 aromatic heterocycles. The molecule has 0 heterocycles. The van der Waals surface area contributed by atoms with Crippen molar-refractivity contribution in [3.8, 4) is 0 Å². The van der Waals surface area contributed by atoms with Crippen molar-refractivity contribution in [3.05, 3.63) is 29.8 Å². The molecule has 1 aliphatic carbocycles. The van der Waals surface area contributed by atoms with E-state index in [1.54, 1.807) is 19.1 Å². The van der Waals surface area contributed by atoms with Gasteiger partial charge in [0.1, 0.15) is 0 Å². The second kappa shape index (κ2) is 5.34. The van der Waals surface area contributed by atoms with Gasteiger partial charge < -0.3 is 15.7 Å². The predicted molar refractivity (Wildman–Crippen MR) is 85.1 cm³/mol. The van der Waals surface area contributed by atoms with Crippen molar-refractivity contribution < 1.29 is 9.90 Å². The zero-order chi connectivity index (χ0) is 15.8. The molecule has 1 unspecified atom stereocenters. The maximum absolute atomic E-state index is 11.9. The summed E-state index contributed by atoms with van der Waals surface area (Å²) in [7, 11) is 0. The van der Waals surface area contributed by atoms with Crippen LogP contribution < -0.4 is 10.6 Å². The fourth-order valence-corrected chi connectivity index (χ4v) is 3.06. The highest BCUT2D eigenvalue weighted by molar-refractivity contribution is 5.89. The van der Waals surface area contributed by atoms with Gasteiger partial charge in [0, 0.05) is 12.2 Å². The lowest BCUT2D eigenvalue weighted by Gasteiger charge is -2.10. The summed E-state index contributed by atoms with van der Waals surface area (Å²) in [5.74, 6) is 0.508. The van der Waals surface area contributed by atoms with E-state index >= 15 is 0 Å². The number of hydrogen-bond acceptors (Lipinski definition) is 2. The zero-order valence-electron chi connectivity index (χ0n) is 13.5. The van der Waals surface area contributed by atoms with Crippen LogP contribution in [0.1, 0.15) is 46.3 Å². The van der Waals surface area contributed by atoms with Crippen LogP contribution in [-0.2, 0) is 0 Å². The Morgan fingerprint density at radius 3 is 2.14 bits per heavy atom. The average molecular weight is 290 g/mol. The molecular weight excluding hydrogens is 264 g/mol. The van der Waals surface area contributed by atoms with E-state index in [0.29, 0.717) is 12.5 Å². The van der Waals surface area contributed by atoms with Gasteiger partial charge in [0.2, 0.25) is 0 Å². The fourth-order valence-electron chi connectivity index (χ4n) is 3.06. The summed E-state index contributed by atoms with van der Waals surface area (Å²) in [5.41, 5.74) is 2.12. The van der Waals surface area contributed by atoms with Crippen molar-refractivity contribution in [2.75, 3.05) is 11.9 Å². The largest absolute Gasteiger partial charge is 0.389 e. The summed E-state index contributed by atoms with van der Waals surface area (Å²) in [6.07, 6.45) is -0.493. The third-order valence-corrected chi connectivity index (χ3v) is 5.44. The molecule has 0 bridgehead atoms. The molecule has 1 aromatic rings. The molecule has 21 heavy (non-hydrogen) atoms. The highest BCUT2D eigenvalue weighted by Gasteiger charge is 2.64. The molecule has 1 saturated carbocycles. The minimum atomic E-state index is -0.493. The van der Waals surface area contributed by atoms with Crippen molar-refractivity contribution in [3.63, 3.8) is 0 Å². The maximum atomic E-state index is 11.9. The number of hydrogen-bond donors (Lipinski definition) is 3. The van der Waals surface area contributed by atoms with Crippen molar-refractivity contribution in [2.24, 2.45) is 16.7 Å². The van der Waals surface area contributed by atoms with Gasteiger partial charge in [-0.3, -0.25) is 0 Å². The second-order valence-corrected chi connectivity index (χ2v) is 7.13. The summed E-state index contributed by atoms with van der Waals surface area (Å²) < 4.78 is 0. The van der Waals surface area contributed by atoms with Gasteiger partial charge in [-0.25, -0.2) is 4.79 Å². The van der Waals surface area contributed by atoms with Gasteiger partial charge in [-0.2, -0.15) is 0 Å². The van der Waals surface area contributed by atoms with Crippen molar-refractivity contribution in [1.82, 2.24) is 5.32 Å². The molecule has 4 heteroatoms. The van der Waals surface area contributed by atoms with Crippen LogP contribution in [-0.4, -0.2) is 17.7 Å². The Labute approximate surface area is 126 Å². The van der Waals surface area contributed by atoms with Gasteiger partial charge in [0.15, 0.2) is 0 Å². The summed E-state index contributed by atoms with van der Waals surface area (Å²) >= 11 is 0. The lowest BCUT2D eigenvalue weighted by molar-refractivity contribution is 0.199. The topological polar surface area (TPSA) is 61.4 Å². The van der Waals surface area contributed by atoms with E-state index in [9.17, 15) is 9.90 Å². The molecule has 116 valence electrons. The van der Waals surface area contributed by atoms with Crippen LogP contribution in [0.15, 0.2) is 24.3 Å². The van der Waals surface area contributed by atoms with Crippen LogP contribution in [0, 0.1) is 16.7 Å². The second-order valence-electron chi connectivity index (χ2n) is 7.13. The van der Waals surface area contributed by atoms with E-state index in [2.05, 4.69) is 38.3 Å². The summed E-state index contributed by atoms with van der Waals surface area (Å²) in [6, 6.07) is 7.04. The summed E-state index contributed by atoms with van der Waals surface area (Å²) in [5, 5.41) is 15.2. The first-order valence-corrected chi connectivity index (χ1v) is 7.49. The smallest absolute Gasteiger partial charge is 0.319 e. The Bertz CT molecular complexity index is 504. The third-order valence-electron chi connectivity index (χ3n) is 5.44. The Balaban J connectivity index is 1.83. The molecule has 1 aliphatic rings. The van der Waals surface area contributed by atoms with Crippen LogP contribution in [0.2, 0.25) is 0 Å². The fraction of sp³-hybridized carbons (Fsp3) is 0.588. The van der Waals surface area contributed by atoms with Crippen LogP contribution in [0.5, 0.6) is 0 Å². The van der Waals surface area contributed by atoms with E-state index < -0.39 is 6.10 Å². The molecule has 4 nitrogen and oxygen atoms in total. The monoisotopic (exact) mass is 290 g/mol. The first kappa shape index (κ1) is 15.8. The molecule has 0 spiro atoms. The van der Waals surface area contributed by atoms with Crippen molar-refractivity contribution in [2.45, 2.75) is 40.7 Å². The van der Waals surface area contributed by atoms with Crippen molar-refractivity contribution in [1.29, 1.82) is 0 Å². The van der Waals surface area contributed by atoms with Gasteiger partial charge in [-0.15, -0.1) is 0 Å². The van der Waals surface area contributed by atoms with E-state index in [0.717, 1.165) is 11.3 Å². The number of rotatable bonds is 4. The number of nitrogens with one attached hydrogen (secondary N) is 2. The molecule has 1 aromatic carbocycles. The number of aliphatic hydroxyl groups is 1. The maximum Gasteiger partial charge on any atom is 0.319 e. The van der Waals surface area contributed by atoms with Crippen LogP contribution in [0.3, 0.4) is 0 Å². The van der Waals surface area contributed by atoms with E-state index in [1.165, 1.54) is 0 Å². The highest BCUT2D eigenvalue weighted by Crippen LogP contribution is 2.67. The SMILES string of the molecule is CC(O)c1ccc(NC(=O)NCC2C(C)(C)C2(C)C)cc1. The van der Waals surface area contributed by atoms with E-state index in [4.69, 9.17) is 0 Å². The Kier molecular flexibility index (Phi) is 4.02. The van der Waals surface area contributed by atoms with Gasteiger partial charge in [-0.1, -0.05) is 39.8 Å². The Morgan fingerprint density at radius 1 is 1.19 bits per heavy atom. The summed E-state index contributed by atoms with van der Waals surface area (Å²) in [6.45, 7) is 11.4. The van der Waals surface area contributed by atoms with Crippen LogP contribution in [0.25, 0.3) is 0 Å². The number of benzene rings is 1. The van der Waals surface area contributed by atoms with E-state index in [-0.39, 0.29) is 16.9 Å². The number of amides is 2. The first-order valence-electron chi connectivity index (χ1n) is 7.49. The molecule has 2 amide bonds. The first-order chi connectivity index (χ1) is 9.66. The molecule has 0 saturated heterocycles. The van der Waals surface area contributed by atoms with Crippen LogP contribution in [0.4, 0.5) is 10.5 Å². The van der Waals surface area contributed by atoms with Gasteiger partial charge in [-0.05, 0) is 41.4 Å². The molecule has 2 rings (SSSR count). The minimum Gasteiger partial charge on any atom is -0.389 e. The number of anilines is 1. The molecule has 1 atom stereocenters. The zero-order valence-corrected chi connectivity index (χ0v) is 13.5. The van der Waals surface area contributed by atoms with Gasteiger partial charge in [0.25, 0.3) is 0 Å². The Hall–Kier alpha value is -1.55. The summed E-state index contributed by atoms with van der Waals surface area (Å²) in [4.78, 5) is 11.9. The predicted octanol–water partition coefficient (Wildman–Crippen LogP) is 3.54. The highest BCUT2D eigenvalue weighted by atomic mass is 16.3. The number of urea groups is 1. The third kappa shape index (κ3) is 3.05. The molecule has 1 fully saturated rings. The van der Waals surface area contributed by atoms with E-state index in [1.807, 2.05) is 12.1 Å². The van der Waals surface area contributed by atoms with Gasteiger partial charge >= 0.3 is 6.03 Å². The quantitative estimate of drug-likeness (QED) is 0.794. The molecular formula is C17H26N2O2.